The third-order valence-electron chi connectivity index (χ3n) is 9.97. The van der Waals surface area contributed by atoms with Crippen LogP contribution < -0.4 is 17.0 Å². The number of ether oxygens (including phenoxy) is 2. The molecule has 3 heterocycles. The van der Waals surface area contributed by atoms with E-state index in [1.807, 2.05) is 33.9 Å². The number of carbonyl (C=O) groups excluding carboxylic acids is 1. The van der Waals surface area contributed by atoms with Gasteiger partial charge in [0.25, 0.3) is 15.7 Å². The zero-order valence-corrected chi connectivity index (χ0v) is 33.6. The molecule has 13 nitrogen and oxygen atoms in total. The van der Waals surface area contributed by atoms with Crippen molar-refractivity contribution in [2.45, 2.75) is 136 Å². The van der Waals surface area contributed by atoms with Crippen molar-refractivity contribution in [2.75, 3.05) is 13.2 Å². The van der Waals surface area contributed by atoms with E-state index >= 15 is 0 Å². The first-order valence-corrected chi connectivity index (χ1v) is 23.5. The fourth-order valence-corrected chi connectivity index (χ4v) is 8.64. The molecule has 1 aromatic heterocycles. The van der Waals surface area contributed by atoms with Crippen molar-refractivity contribution in [1.82, 2.24) is 9.13 Å². The molecular weight excluding hydrogens is 675 g/mol. The van der Waals surface area contributed by atoms with Gasteiger partial charge in [0.2, 0.25) is 0 Å². The molecule has 1 spiro atoms. The summed E-state index contributed by atoms with van der Waals surface area (Å²) in [5.41, 5.74) is 3.71. The largest absolute Gasteiger partial charge is 0.498 e. The minimum atomic E-state index is -4.25. The van der Waals surface area contributed by atoms with Crippen LogP contribution in [0.4, 0.5) is 0 Å². The van der Waals surface area contributed by atoms with Crippen molar-refractivity contribution < 1.29 is 35.7 Å². The molecule has 0 amide bonds. The highest BCUT2D eigenvalue weighted by molar-refractivity contribution is 7.90. The van der Waals surface area contributed by atoms with Gasteiger partial charge in [0.05, 0.1) is 30.1 Å². The molecule has 272 valence electrons. The van der Waals surface area contributed by atoms with Crippen molar-refractivity contribution in [3.05, 3.63) is 55.5 Å². The minimum Gasteiger partial charge on any atom is -0.498 e. The lowest BCUT2D eigenvalue weighted by molar-refractivity contribution is -0.112. The van der Waals surface area contributed by atoms with E-state index in [9.17, 15) is 22.8 Å². The smallest absolute Gasteiger partial charge is 0.333 e. The first kappa shape index (κ1) is 40.1. The average molecular weight is 730 g/mol. The lowest BCUT2D eigenvalue weighted by Gasteiger charge is -2.43. The third kappa shape index (κ3) is 8.16. The number of aromatic nitrogens is 2. The Morgan fingerprint density at radius 2 is 1.65 bits per heavy atom. The van der Waals surface area contributed by atoms with Crippen molar-refractivity contribution >= 4 is 32.5 Å². The molecule has 16 heteroatoms. The third-order valence-corrected chi connectivity index (χ3v) is 20.0. The Morgan fingerprint density at radius 1 is 1.06 bits per heavy atom. The zero-order valence-electron chi connectivity index (χ0n) is 30.8. The summed E-state index contributed by atoms with van der Waals surface area (Å²) in [4.78, 5) is 38.8. The van der Waals surface area contributed by atoms with E-state index in [1.54, 1.807) is 13.8 Å². The monoisotopic (exact) mass is 729 g/mol. The first-order valence-electron chi connectivity index (χ1n) is 16.2. The standard InChI is InChI=1S/C32H55N3O10SSi2/c1-21-18-35(29(38)34(27(21)37)15-14-16-41-23(3)17-22(2)36)28-26(44-48(12,13)31(7,8)9)32(24(33)20-46(39,40)45-32)25(43-28)19-42-47(10,11)30(4,5)6/h17-18,20,25-26,28H,14-16,19,33H2,1-13H3/b23-17-/t25-,26+,28-,32?/m1/s1. The van der Waals surface area contributed by atoms with Crippen molar-refractivity contribution in [1.29, 1.82) is 0 Å². The molecule has 0 radical (unpaired) electrons. The Morgan fingerprint density at radius 3 is 2.15 bits per heavy atom. The van der Waals surface area contributed by atoms with Crippen molar-refractivity contribution in [3.8, 4) is 0 Å². The molecule has 0 aliphatic carbocycles. The summed E-state index contributed by atoms with van der Waals surface area (Å²) >= 11 is 0. The second kappa shape index (κ2) is 13.8. The number of nitrogens with zero attached hydrogens (tertiary/aromatic N) is 2. The molecule has 1 aromatic rings. The lowest BCUT2D eigenvalue weighted by atomic mass is 9.89. The number of hydrogen-bond acceptors (Lipinski definition) is 11. The number of nitrogens with two attached hydrogens (primary N) is 1. The molecule has 1 saturated heterocycles. The van der Waals surface area contributed by atoms with Crippen LogP contribution in [0.1, 0.15) is 73.6 Å². The molecule has 2 aliphatic rings. The highest BCUT2D eigenvalue weighted by atomic mass is 32.2. The molecule has 2 aliphatic heterocycles. The number of allylic oxidation sites excluding steroid dienone is 2. The maximum atomic E-state index is 14.2. The van der Waals surface area contributed by atoms with E-state index in [4.69, 9.17) is 28.2 Å². The first-order chi connectivity index (χ1) is 21.7. The predicted molar refractivity (Wildman–Crippen MR) is 189 cm³/mol. The fraction of sp³-hybridized carbons (Fsp3) is 0.719. The number of carbonyl (C=O) groups is 1. The molecule has 48 heavy (non-hydrogen) atoms. The SMILES string of the molecule is CC(=O)/C=C(/C)OCCCn1c(=O)c(C)cn([C@@H]2O[C@H](CO[Si](C)(C)C(C)(C)C)C3(OS(=O)(=O)C=C3N)[C@H]2O[Si](C)(C)C(C)(C)C)c1=O. The summed E-state index contributed by atoms with van der Waals surface area (Å²) in [6, 6.07) is 0. The van der Waals surface area contributed by atoms with Gasteiger partial charge >= 0.3 is 5.69 Å². The van der Waals surface area contributed by atoms with Gasteiger partial charge < -0.3 is 24.1 Å². The number of ketones is 1. The van der Waals surface area contributed by atoms with Crippen LogP contribution in [0.2, 0.25) is 36.3 Å². The van der Waals surface area contributed by atoms with Gasteiger partial charge in [0.15, 0.2) is 34.2 Å². The van der Waals surface area contributed by atoms with Crippen LogP contribution in [0.3, 0.4) is 0 Å². The number of rotatable bonds is 12. The fourth-order valence-electron chi connectivity index (χ4n) is 5.14. The maximum Gasteiger partial charge on any atom is 0.333 e. The summed E-state index contributed by atoms with van der Waals surface area (Å²) in [5.74, 6) is 0.270. The van der Waals surface area contributed by atoms with Crippen LogP contribution in [-0.4, -0.2) is 71.0 Å². The summed E-state index contributed by atoms with van der Waals surface area (Å²) in [6.07, 6.45) is -0.470. The highest BCUT2D eigenvalue weighted by Crippen LogP contribution is 2.52. The summed E-state index contributed by atoms with van der Waals surface area (Å²) in [6.45, 7) is 25.2. The van der Waals surface area contributed by atoms with Crippen LogP contribution in [0.15, 0.2) is 38.7 Å². The van der Waals surface area contributed by atoms with E-state index in [2.05, 4.69) is 33.9 Å². The number of aryl methyl sites for hydroxylation is 1. The minimum absolute atomic E-state index is 0.0170. The summed E-state index contributed by atoms with van der Waals surface area (Å²) in [7, 11) is -9.39. The van der Waals surface area contributed by atoms with Gasteiger partial charge in [-0.3, -0.25) is 18.7 Å². The Kier molecular flexibility index (Phi) is 11.5. The molecule has 2 N–H and O–H groups in total. The lowest BCUT2D eigenvalue weighted by Crippen LogP contribution is -2.59. The molecule has 0 aromatic carbocycles. The Hall–Kier alpha value is -2.35. The Labute approximate surface area is 286 Å². The van der Waals surface area contributed by atoms with E-state index < -0.39 is 62.0 Å². The summed E-state index contributed by atoms with van der Waals surface area (Å²) in [5, 5.41) is 0.365. The van der Waals surface area contributed by atoms with Crippen LogP contribution in [0.25, 0.3) is 0 Å². The van der Waals surface area contributed by atoms with Gasteiger partial charge in [-0.05, 0) is 63.5 Å². The van der Waals surface area contributed by atoms with Crippen LogP contribution in [0, 0.1) is 6.92 Å². The molecule has 0 bridgehead atoms. The van der Waals surface area contributed by atoms with Gasteiger partial charge in [0.1, 0.15) is 12.2 Å². The molecule has 0 saturated carbocycles. The van der Waals surface area contributed by atoms with Crippen LogP contribution in [-0.2, 0) is 44.0 Å². The van der Waals surface area contributed by atoms with Crippen molar-refractivity contribution in [2.24, 2.45) is 5.73 Å². The van der Waals surface area contributed by atoms with Crippen LogP contribution in [0.5, 0.6) is 0 Å². The van der Waals surface area contributed by atoms with Gasteiger partial charge in [-0.15, -0.1) is 0 Å². The summed E-state index contributed by atoms with van der Waals surface area (Å²) < 4.78 is 60.1. The predicted octanol–water partition coefficient (Wildman–Crippen LogP) is 4.43. The normalized spacial score (nSPS) is 25.1. The van der Waals surface area contributed by atoms with Gasteiger partial charge in [-0.2, -0.15) is 8.42 Å². The second-order valence-electron chi connectivity index (χ2n) is 15.9. The maximum absolute atomic E-state index is 14.2. The van der Waals surface area contributed by atoms with E-state index in [0.717, 1.165) is 9.98 Å². The van der Waals surface area contributed by atoms with E-state index in [0.29, 0.717) is 12.2 Å². The Bertz CT molecular complexity index is 1680. The Balaban J connectivity index is 2.19. The van der Waals surface area contributed by atoms with Crippen LogP contribution >= 0.6 is 0 Å². The number of hydrogen-bond donors (Lipinski definition) is 1. The average Bonchev–Trinajstić information content (AvgIpc) is 3.33. The van der Waals surface area contributed by atoms with E-state index in [1.165, 1.54) is 23.8 Å². The van der Waals surface area contributed by atoms with Crippen molar-refractivity contribution in [3.63, 3.8) is 0 Å². The molecule has 1 unspecified atom stereocenters. The van der Waals surface area contributed by atoms with Gasteiger partial charge in [-0.25, -0.2) is 8.98 Å². The molecular formula is C32H55N3O10SSi2. The highest BCUT2D eigenvalue weighted by Gasteiger charge is 2.67. The molecule has 1 fully saturated rings. The second-order valence-corrected chi connectivity index (χ2v) is 26.8. The quantitative estimate of drug-likeness (QED) is 0.106. The molecule has 4 atom stereocenters. The van der Waals surface area contributed by atoms with Gasteiger partial charge in [0, 0.05) is 24.4 Å². The molecule has 3 rings (SSSR count). The van der Waals surface area contributed by atoms with E-state index in [-0.39, 0.29) is 46.9 Å². The topological polar surface area (TPSA) is 167 Å². The zero-order chi connectivity index (χ0) is 36.8. The van der Waals surface area contributed by atoms with Gasteiger partial charge in [-0.1, -0.05) is 41.5 Å².